The summed E-state index contributed by atoms with van der Waals surface area (Å²) in [7, 11) is 0. The lowest BCUT2D eigenvalue weighted by Gasteiger charge is -1.98. The second-order valence-corrected chi connectivity index (χ2v) is 3.72. The van der Waals surface area contributed by atoms with Crippen LogP contribution in [0, 0.1) is 0 Å². The Kier molecular flexibility index (Phi) is 2.09. The van der Waals surface area contributed by atoms with Crippen molar-refractivity contribution in [2.45, 2.75) is 6.61 Å². The third-order valence-corrected chi connectivity index (χ3v) is 2.68. The Morgan fingerprint density at radius 3 is 3.06 bits per heavy atom. The molecule has 0 amide bonds. The minimum Gasteiger partial charge on any atom is -0.339 e. The quantitative estimate of drug-likeness (QED) is 0.641. The second kappa shape index (κ2) is 3.59. The van der Waals surface area contributed by atoms with E-state index in [-0.39, 0.29) is 0 Å². The summed E-state index contributed by atoms with van der Waals surface area (Å²) in [5, 5.41) is 2.27. The van der Waals surface area contributed by atoms with E-state index in [4.69, 9.17) is 5.90 Å². The molecule has 0 aliphatic heterocycles. The van der Waals surface area contributed by atoms with Gasteiger partial charge in [0.2, 0.25) is 0 Å². The zero-order valence-corrected chi connectivity index (χ0v) is 8.60. The molecule has 16 heavy (non-hydrogen) atoms. The van der Waals surface area contributed by atoms with Gasteiger partial charge in [0.25, 0.3) is 0 Å². The number of nitrogens with two attached hydrogens (primary N) is 1. The van der Waals surface area contributed by atoms with Crippen molar-refractivity contribution < 1.29 is 4.84 Å². The zero-order valence-electron chi connectivity index (χ0n) is 8.60. The lowest BCUT2D eigenvalue weighted by molar-refractivity contribution is 0.124. The molecule has 0 bridgehead atoms. The predicted molar refractivity (Wildman–Crippen MR) is 62.6 cm³/mol. The molecule has 0 aliphatic rings. The molecule has 80 valence electrons. The van der Waals surface area contributed by atoms with Crippen molar-refractivity contribution in [3.8, 4) is 0 Å². The fourth-order valence-electron chi connectivity index (χ4n) is 1.96. The van der Waals surface area contributed by atoms with Crippen molar-refractivity contribution in [1.82, 2.24) is 9.97 Å². The molecule has 0 aliphatic carbocycles. The fraction of sp³-hybridized carbons (Fsp3) is 0.0833. The van der Waals surface area contributed by atoms with Crippen molar-refractivity contribution >= 4 is 21.9 Å². The van der Waals surface area contributed by atoms with E-state index < -0.39 is 0 Å². The highest BCUT2D eigenvalue weighted by Crippen LogP contribution is 2.24. The molecule has 0 saturated heterocycles. The van der Waals surface area contributed by atoms with Gasteiger partial charge in [-0.15, -0.1) is 0 Å². The SMILES string of the molecule is NOCc1ccc2[nH]c3ncccc3c2c1. The monoisotopic (exact) mass is 213 g/mol. The molecule has 0 spiro atoms. The van der Waals surface area contributed by atoms with Crippen LogP contribution in [-0.2, 0) is 11.4 Å². The molecule has 0 fully saturated rings. The van der Waals surface area contributed by atoms with Crippen LogP contribution in [0.3, 0.4) is 0 Å². The Balaban J connectivity index is 2.31. The Morgan fingerprint density at radius 2 is 2.19 bits per heavy atom. The molecule has 0 saturated carbocycles. The maximum Gasteiger partial charge on any atom is 0.138 e. The number of fused-ring (bicyclic) bond motifs is 3. The van der Waals surface area contributed by atoms with E-state index in [0.29, 0.717) is 6.61 Å². The first-order chi connectivity index (χ1) is 7.88. The van der Waals surface area contributed by atoms with Gasteiger partial charge < -0.3 is 4.98 Å². The van der Waals surface area contributed by atoms with Gasteiger partial charge in [0.15, 0.2) is 0 Å². The summed E-state index contributed by atoms with van der Waals surface area (Å²) in [4.78, 5) is 12.2. The number of nitrogens with zero attached hydrogens (tertiary/aromatic N) is 1. The number of nitrogens with one attached hydrogen (secondary N) is 1. The van der Waals surface area contributed by atoms with Gasteiger partial charge >= 0.3 is 0 Å². The molecule has 4 heteroatoms. The molecule has 3 aromatic rings. The minimum absolute atomic E-state index is 0.420. The summed E-state index contributed by atoms with van der Waals surface area (Å²) in [5.41, 5.74) is 3.04. The fourth-order valence-corrected chi connectivity index (χ4v) is 1.96. The lowest BCUT2D eigenvalue weighted by Crippen LogP contribution is -1.98. The smallest absolute Gasteiger partial charge is 0.138 e. The number of rotatable bonds is 2. The Hall–Kier alpha value is -1.91. The van der Waals surface area contributed by atoms with E-state index in [1.54, 1.807) is 6.20 Å². The molecule has 2 heterocycles. The van der Waals surface area contributed by atoms with E-state index in [1.807, 2.05) is 24.3 Å². The van der Waals surface area contributed by atoms with Crippen molar-refractivity contribution in [2.75, 3.05) is 0 Å². The zero-order chi connectivity index (χ0) is 11.0. The molecule has 0 unspecified atom stereocenters. The van der Waals surface area contributed by atoms with Gasteiger partial charge in [0, 0.05) is 22.5 Å². The van der Waals surface area contributed by atoms with E-state index in [1.165, 1.54) is 0 Å². The second-order valence-electron chi connectivity index (χ2n) is 3.72. The first-order valence-corrected chi connectivity index (χ1v) is 5.05. The minimum atomic E-state index is 0.420. The van der Waals surface area contributed by atoms with Gasteiger partial charge in [-0.2, -0.15) is 0 Å². The van der Waals surface area contributed by atoms with Gasteiger partial charge in [-0.25, -0.2) is 10.9 Å². The highest BCUT2D eigenvalue weighted by atomic mass is 16.6. The van der Waals surface area contributed by atoms with E-state index in [9.17, 15) is 0 Å². The van der Waals surface area contributed by atoms with Crippen LogP contribution in [0.15, 0.2) is 36.5 Å². The average Bonchev–Trinajstić information content (AvgIpc) is 2.68. The molecule has 0 radical (unpaired) electrons. The van der Waals surface area contributed by atoms with Crippen LogP contribution in [-0.4, -0.2) is 9.97 Å². The topological polar surface area (TPSA) is 63.9 Å². The van der Waals surface area contributed by atoms with Gasteiger partial charge in [-0.1, -0.05) is 6.07 Å². The first kappa shape index (κ1) is 9.33. The predicted octanol–water partition coefficient (Wildman–Crippen LogP) is 2.11. The van der Waals surface area contributed by atoms with E-state index in [2.05, 4.69) is 20.9 Å². The van der Waals surface area contributed by atoms with Crippen LogP contribution in [0.25, 0.3) is 21.9 Å². The van der Waals surface area contributed by atoms with Crippen LogP contribution >= 0.6 is 0 Å². The summed E-state index contributed by atoms with van der Waals surface area (Å²) < 4.78 is 0. The number of aromatic nitrogens is 2. The van der Waals surface area contributed by atoms with Crippen LogP contribution in [0.1, 0.15) is 5.56 Å². The average molecular weight is 213 g/mol. The van der Waals surface area contributed by atoms with Crippen LogP contribution in [0.5, 0.6) is 0 Å². The van der Waals surface area contributed by atoms with Crippen LogP contribution < -0.4 is 5.90 Å². The number of H-pyrrole nitrogens is 1. The van der Waals surface area contributed by atoms with Crippen molar-refractivity contribution in [2.24, 2.45) is 5.90 Å². The van der Waals surface area contributed by atoms with E-state index >= 15 is 0 Å². The van der Waals surface area contributed by atoms with Crippen molar-refractivity contribution in [3.05, 3.63) is 42.1 Å². The van der Waals surface area contributed by atoms with Gasteiger partial charge in [-0.05, 0) is 29.8 Å². The Bertz CT molecular complexity index is 645. The summed E-state index contributed by atoms with van der Waals surface area (Å²) in [6, 6.07) is 10.1. The number of benzene rings is 1. The van der Waals surface area contributed by atoms with Crippen LogP contribution in [0.4, 0.5) is 0 Å². The third-order valence-electron chi connectivity index (χ3n) is 2.68. The molecule has 3 rings (SSSR count). The lowest BCUT2D eigenvalue weighted by atomic mass is 10.1. The van der Waals surface area contributed by atoms with Crippen LogP contribution in [0.2, 0.25) is 0 Å². The number of hydrogen-bond donors (Lipinski definition) is 2. The molecule has 4 nitrogen and oxygen atoms in total. The summed E-state index contributed by atoms with van der Waals surface area (Å²) in [6.07, 6.45) is 1.78. The highest BCUT2D eigenvalue weighted by Gasteiger charge is 2.04. The molecular formula is C12H11N3O. The summed E-state index contributed by atoms with van der Waals surface area (Å²) >= 11 is 0. The number of hydrogen-bond acceptors (Lipinski definition) is 3. The maximum atomic E-state index is 5.07. The Morgan fingerprint density at radius 1 is 1.25 bits per heavy atom. The van der Waals surface area contributed by atoms with Gasteiger partial charge in [0.05, 0.1) is 6.61 Å². The Labute approximate surface area is 92.0 Å². The molecule has 2 aromatic heterocycles. The summed E-state index contributed by atoms with van der Waals surface area (Å²) in [5.74, 6) is 5.07. The molecule has 0 atom stereocenters. The summed E-state index contributed by atoms with van der Waals surface area (Å²) in [6.45, 7) is 0.420. The maximum absolute atomic E-state index is 5.07. The highest BCUT2D eigenvalue weighted by molar-refractivity contribution is 6.05. The normalized spacial score (nSPS) is 11.3. The standard InChI is InChI=1S/C12H11N3O/c13-16-7-8-3-4-11-10(6-8)9-2-1-5-14-12(9)15-11/h1-6H,7,13H2,(H,14,15). The third kappa shape index (κ3) is 1.36. The van der Waals surface area contributed by atoms with Crippen molar-refractivity contribution in [3.63, 3.8) is 0 Å². The number of aromatic amines is 1. The molecular weight excluding hydrogens is 202 g/mol. The van der Waals surface area contributed by atoms with Crippen molar-refractivity contribution in [1.29, 1.82) is 0 Å². The van der Waals surface area contributed by atoms with E-state index in [0.717, 1.165) is 27.5 Å². The molecule has 1 aromatic carbocycles. The first-order valence-electron chi connectivity index (χ1n) is 5.05. The van der Waals surface area contributed by atoms with Gasteiger partial charge in [0.1, 0.15) is 5.65 Å². The van der Waals surface area contributed by atoms with Gasteiger partial charge in [-0.3, -0.25) is 4.84 Å². The molecule has 3 N–H and O–H groups in total. The number of pyridine rings is 1. The largest absolute Gasteiger partial charge is 0.339 e.